The van der Waals surface area contributed by atoms with E-state index in [0.29, 0.717) is 0 Å². The minimum Gasteiger partial charge on any atom is -0.324 e. The lowest BCUT2D eigenvalue weighted by Gasteiger charge is -2.23. The zero-order valence-corrected chi connectivity index (χ0v) is 19.5. The molecule has 33 heavy (non-hydrogen) atoms. The summed E-state index contributed by atoms with van der Waals surface area (Å²) in [5.74, 6) is -0.0988. The van der Waals surface area contributed by atoms with Gasteiger partial charge in [-0.3, -0.25) is 14.8 Å². The van der Waals surface area contributed by atoms with E-state index in [0.717, 1.165) is 39.4 Å². The van der Waals surface area contributed by atoms with Gasteiger partial charge >= 0.3 is 0 Å². The van der Waals surface area contributed by atoms with E-state index in [1.165, 1.54) is 0 Å². The van der Waals surface area contributed by atoms with Crippen LogP contribution in [0.4, 0.5) is 5.69 Å². The van der Waals surface area contributed by atoms with Crippen molar-refractivity contribution in [3.05, 3.63) is 107 Å². The Bertz CT molecular complexity index is 1190. The predicted octanol–water partition coefficient (Wildman–Crippen LogP) is 5.64. The highest BCUT2D eigenvalue weighted by Crippen LogP contribution is 2.22. The Kier molecular flexibility index (Phi) is 7.23. The van der Waals surface area contributed by atoms with Gasteiger partial charge in [0.15, 0.2) is 0 Å². The third-order valence-electron chi connectivity index (χ3n) is 5.49. The van der Waals surface area contributed by atoms with Crippen molar-refractivity contribution in [1.29, 1.82) is 0 Å². The van der Waals surface area contributed by atoms with Gasteiger partial charge in [0.05, 0.1) is 6.20 Å². The largest absolute Gasteiger partial charge is 0.324 e. The van der Waals surface area contributed by atoms with Gasteiger partial charge in [-0.05, 0) is 54.3 Å². The first-order valence-electron chi connectivity index (χ1n) is 10.9. The second kappa shape index (κ2) is 10.5. The fourth-order valence-corrected chi connectivity index (χ4v) is 3.94. The zero-order valence-electron chi connectivity index (χ0n) is 18.7. The Hall–Kier alpha value is -3.41. The average Bonchev–Trinajstić information content (AvgIpc) is 3.26. The van der Waals surface area contributed by atoms with Crippen LogP contribution >= 0.6 is 11.6 Å². The first-order valence-corrected chi connectivity index (χ1v) is 11.3. The van der Waals surface area contributed by atoms with Crippen LogP contribution in [0.25, 0.3) is 11.1 Å². The Morgan fingerprint density at radius 1 is 0.970 bits per heavy atom. The molecule has 0 aliphatic heterocycles. The van der Waals surface area contributed by atoms with E-state index in [4.69, 9.17) is 11.6 Å². The topological polar surface area (TPSA) is 59.0 Å². The summed E-state index contributed by atoms with van der Waals surface area (Å²) >= 11 is 6.00. The van der Waals surface area contributed by atoms with E-state index >= 15 is 0 Å². The van der Waals surface area contributed by atoms with Gasteiger partial charge in [-0.1, -0.05) is 66.2 Å². The van der Waals surface area contributed by atoms with Crippen molar-refractivity contribution in [1.82, 2.24) is 15.1 Å². The highest BCUT2D eigenvalue weighted by molar-refractivity contribution is 6.30. The maximum absolute atomic E-state index is 13.3. The molecule has 0 fully saturated rings. The number of rotatable bonds is 8. The standard InChI is InChI=1S/C27H27ClN4O/c1-19(16-20-8-12-24(28)13-9-20)30-26(22-6-4-3-5-7-22)27(33)31-25-14-10-21(11-15-25)23-17-29-32(2)18-23/h3-15,17-19,26,30H,16H2,1-2H3,(H,31,33)/t19-,26-/m0/s1. The summed E-state index contributed by atoms with van der Waals surface area (Å²) in [5.41, 5.74) is 4.92. The fraction of sp³-hybridized carbons (Fsp3) is 0.185. The first-order chi connectivity index (χ1) is 16.0. The van der Waals surface area contributed by atoms with Crippen LogP contribution in [0.5, 0.6) is 0 Å². The molecule has 6 heteroatoms. The molecule has 168 valence electrons. The van der Waals surface area contributed by atoms with E-state index in [9.17, 15) is 4.79 Å². The lowest BCUT2D eigenvalue weighted by Crippen LogP contribution is -2.39. The molecule has 0 radical (unpaired) electrons. The number of halogens is 1. The molecule has 0 bridgehead atoms. The zero-order chi connectivity index (χ0) is 23.2. The van der Waals surface area contributed by atoms with Crippen molar-refractivity contribution in [3.8, 4) is 11.1 Å². The number of hydrogen-bond donors (Lipinski definition) is 2. The van der Waals surface area contributed by atoms with Crippen LogP contribution in [0.2, 0.25) is 5.02 Å². The van der Waals surface area contributed by atoms with Crippen LogP contribution in [0.3, 0.4) is 0 Å². The summed E-state index contributed by atoms with van der Waals surface area (Å²) in [4.78, 5) is 13.3. The number of aromatic nitrogens is 2. The number of carbonyl (C=O) groups excluding carboxylic acids is 1. The van der Waals surface area contributed by atoms with Crippen LogP contribution in [0, 0.1) is 0 Å². The lowest BCUT2D eigenvalue weighted by molar-refractivity contribution is -0.118. The minimum absolute atomic E-state index is 0.0788. The Balaban J connectivity index is 1.47. The van der Waals surface area contributed by atoms with Gasteiger partial charge in [0.1, 0.15) is 6.04 Å². The molecule has 4 aromatic rings. The van der Waals surface area contributed by atoms with Crippen LogP contribution in [0.15, 0.2) is 91.3 Å². The molecule has 0 spiro atoms. The second-order valence-electron chi connectivity index (χ2n) is 8.21. The summed E-state index contributed by atoms with van der Waals surface area (Å²) in [7, 11) is 1.89. The van der Waals surface area contributed by atoms with E-state index in [2.05, 4.69) is 22.7 Å². The number of nitrogens with zero attached hydrogens (tertiary/aromatic N) is 2. The molecule has 5 nitrogen and oxygen atoms in total. The minimum atomic E-state index is -0.480. The van der Waals surface area contributed by atoms with Crippen molar-refractivity contribution < 1.29 is 4.79 Å². The fourth-order valence-electron chi connectivity index (χ4n) is 3.82. The summed E-state index contributed by atoms with van der Waals surface area (Å²) in [5, 5.41) is 11.5. The van der Waals surface area contributed by atoms with Gasteiger partial charge in [0.25, 0.3) is 0 Å². The van der Waals surface area contributed by atoms with Crippen molar-refractivity contribution >= 4 is 23.2 Å². The van der Waals surface area contributed by atoms with Crippen LogP contribution in [-0.2, 0) is 18.3 Å². The highest BCUT2D eigenvalue weighted by atomic mass is 35.5. The summed E-state index contributed by atoms with van der Waals surface area (Å²) < 4.78 is 1.77. The van der Waals surface area contributed by atoms with Gasteiger partial charge in [-0.2, -0.15) is 5.10 Å². The number of anilines is 1. The molecule has 4 rings (SSSR count). The molecule has 2 atom stereocenters. The second-order valence-corrected chi connectivity index (χ2v) is 8.65. The Morgan fingerprint density at radius 3 is 2.30 bits per heavy atom. The Labute approximate surface area is 199 Å². The molecule has 0 saturated heterocycles. The Morgan fingerprint density at radius 2 is 1.67 bits per heavy atom. The van der Waals surface area contributed by atoms with E-state index in [-0.39, 0.29) is 11.9 Å². The van der Waals surface area contributed by atoms with Gasteiger partial charge in [-0.15, -0.1) is 0 Å². The molecular formula is C27H27ClN4O. The highest BCUT2D eigenvalue weighted by Gasteiger charge is 2.22. The van der Waals surface area contributed by atoms with Gasteiger partial charge in [0.2, 0.25) is 5.91 Å². The lowest BCUT2D eigenvalue weighted by atomic mass is 10.0. The summed E-state index contributed by atoms with van der Waals surface area (Å²) in [6, 6.07) is 25.0. The number of nitrogens with one attached hydrogen (secondary N) is 2. The molecule has 2 N–H and O–H groups in total. The van der Waals surface area contributed by atoms with E-state index in [1.54, 1.807) is 4.68 Å². The van der Waals surface area contributed by atoms with Crippen molar-refractivity contribution in [2.45, 2.75) is 25.4 Å². The van der Waals surface area contributed by atoms with E-state index < -0.39 is 6.04 Å². The van der Waals surface area contributed by atoms with Crippen LogP contribution in [0.1, 0.15) is 24.1 Å². The van der Waals surface area contributed by atoms with Crippen molar-refractivity contribution in [3.63, 3.8) is 0 Å². The third kappa shape index (κ3) is 6.09. The van der Waals surface area contributed by atoms with Crippen molar-refractivity contribution in [2.75, 3.05) is 5.32 Å². The summed E-state index contributed by atoms with van der Waals surface area (Å²) in [6.45, 7) is 2.08. The van der Waals surface area contributed by atoms with Crippen LogP contribution < -0.4 is 10.6 Å². The SMILES string of the molecule is C[C@@H](Cc1ccc(Cl)cc1)N[C@H](C(=O)Nc1ccc(-c2cnn(C)c2)cc1)c1ccccc1. The number of benzene rings is 3. The molecule has 0 aliphatic carbocycles. The monoisotopic (exact) mass is 458 g/mol. The van der Waals surface area contributed by atoms with Gasteiger partial charge < -0.3 is 5.32 Å². The smallest absolute Gasteiger partial charge is 0.246 e. The first kappa shape index (κ1) is 22.8. The average molecular weight is 459 g/mol. The number of hydrogen-bond acceptors (Lipinski definition) is 3. The molecule has 0 saturated carbocycles. The predicted molar refractivity (Wildman–Crippen MR) is 134 cm³/mol. The van der Waals surface area contributed by atoms with Gasteiger partial charge in [0, 0.05) is 35.6 Å². The number of amides is 1. The van der Waals surface area contributed by atoms with Crippen molar-refractivity contribution in [2.24, 2.45) is 7.05 Å². The number of aryl methyl sites for hydroxylation is 1. The maximum atomic E-state index is 13.3. The molecule has 0 unspecified atom stereocenters. The molecule has 1 amide bonds. The maximum Gasteiger partial charge on any atom is 0.246 e. The van der Waals surface area contributed by atoms with Gasteiger partial charge in [-0.25, -0.2) is 0 Å². The normalized spacial score (nSPS) is 12.8. The molecule has 1 aromatic heterocycles. The molecule has 0 aliphatic rings. The molecular weight excluding hydrogens is 432 g/mol. The molecule has 1 heterocycles. The third-order valence-corrected chi connectivity index (χ3v) is 5.74. The molecule has 3 aromatic carbocycles. The quantitative estimate of drug-likeness (QED) is 0.359. The summed E-state index contributed by atoms with van der Waals surface area (Å²) in [6.07, 6.45) is 4.57. The van der Waals surface area contributed by atoms with Crippen LogP contribution in [-0.4, -0.2) is 21.7 Å². The number of carbonyl (C=O) groups is 1. The van der Waals surface area contributed by atoms with E-state index in [1.807, 2.05) is 98.3 Å².